The van der Waals surface area contributed by atoms with Crippen LogP contribution in [-0.2, 0) is 14.3 Å². The third-order valence-corrected chi connectivity index (χ3v) is 4.45. The van der Waals surface area contributed by atoms with E-state index in [9.17, 15) is 4.79 Å². The van der Waals surface area contributed by atoms with E-state index in [1.54, 1.807) is 24.0 Å². The maximum Gasteiger partial charge on any atom is 0.263 e. The summed E-state index contributed by atoms with van der Waals surface area (Å²) in [4.78, 5) is 14.3. The zero-order valence-electron chi connectivity index (χ0n) is 12.6. The Morgan fingerprint density at radius 1 is 1.27 bits per heavy atom. The zero-order valence-corrected chi connectivity index (χ0v) is 13.3. The Kier molecular flexibility index (Phi) is 4.57. The second kappa shape index (κ2) is 6.44. The Morgan fingerprint density at radius 3 is 2.55 bits per heavy atom. The smallest absolute Gasteiger partial charge is 0.263 e. The molecule has 1 amide bonds. The van der Waals surface area contributed by atoms with Crippen molar-refractivity contribution in [3.8, 4) is 5.75 Å². The fourth-order valence-electron chi connectivity index (χ4n) is 2.89. The molecule has 2 fully saturated rings. The second-order valence-corrected chi connectivity index (χ2v) is 6.03. The van der Waals surface area contributed by atoms with Crippen molar-refractivity contribution in [3.63, 3.8) is 0 Å². The maximum atomic E-state index is 12.5. The first-order chi connectivity index (χ1) is 10.6. The topological polar surface area (TPSA) is 48.0 Å². The first-order valence-corrected chi connectivity index (χ1v) is 7.95. The molecule has 2 heterocycles. The molecule has 0 radical (unpaired) electrons. The van der Waals surface area contributed by atoms with Gasteiger partial charge in [0.2, 0.25) is 0 Å². The molecule has 2 aliphatic heterocycles. The van der Waals surface area contributed by atoms with Crippen molar-refractivity contribution >= 4 is 17.5 Å². The van der Waals surface area contributed by atoms with Crippen molar-refractivity contribution in [1.82, 2.24) is 4.90 Å². The maximum absolute atomic E-state index is 12.5. The summed E-state index contributed by atoms with van der Waals surface area (Å²) in [7, 11) is 0. The lowest BCUT2D eigenvalue weighted by atomic mass is 10.0. The molecule has 1 atom stereocenters. The number of nitrogens with zero attached hydrogens (tertiary/aromatic N) is 1. The molecule has 5 nitrogen and oxygen atoms in total. The van der Waals surface area contributed by atoms with E-state index in [1.807, 2.05) is 12.1 Å². The lowest BCUT2D eigenvalue weighted by Gasteiger charge is -2.38. The molecule has 0 bridgehead atoms. The number of rotatable bonds is 3. The highest BCUT2D eigenvalue weighted by Crippen LogP contribution is 2.32. The fourth-order valence-corrected chi connectivity index (χ4v) is 3.07. The molecule has 120 valence electrons. The van der Waals surface area contributed by atoms with Gasteiger partial charge >= 0.3 is 0 Å². The standard InChI is InChI=1S/C16H20ClNO4/c1-12(22-14-5-3-2-4-13(14)17)15(19)18-8-6-16(7-9-18)20-10-11-21-16/h2-5,12H,6-11H2,1H3. The lowest BCUT2D eigenvalue weighted by Crippen LogP contribution is -2.50. The van der Waals surface area contributed by atoms with Gasteiger partial charge < -0.3 is 19.1 Å². The zero-order chi connectivity index (χ0) is 15.6. The van der Waals surface area contributed by atoms with Gasteiger partial charge in [0.1, 0.15) is 5.75 Å². The Hall–Kier alpha value is -1.30. The number of carbonyl (C=O) groups is 1. The first-order valence-electron chi connectivity index (χ1n) is 7.58. The van der Waals surface area contributed by atoms with Gasteiger partial charge in [-0.3, -0.25) is 4.79 Å². The Morgan fingerprint density at radius 2 is 1.91 bits per heavy atom. The largest absolute Gasteiger partial charge is 0.479 e. The minimum absolute atomic E-state index is 0.0345. The summed E-state index contributed by atoms with van der Waals surface area (Å²) >= 11 is 6.06. The number of likely N-dealkylation sites (tertiary alicyclic amines) is 1. The van der Waals surface area contributed by atoms with E-state index in [1.165, 1.54) is 0 Å². The van der Waals surface area contributed by atoms with Crippen molar-refractivity contribution < 1.29 is 19.0 Å². The monoisotopic (exact) mass is 325 g/mol. The number of ether oxygens (including phenoxy) is 3. The summed E-state index contributed by atoms with van der Waals surface area (Å²) in [5, 5.41) is 0.507. The van der Waals surface area contributed by atoms with Crippen molar-refractivity contribution in [2.24, 2.45) is 0 Å². The van der Waals surface area contributed by atoms with E-state index < -0.39 is 11.9 Å². The first kappa shape index (κ1) is 15.6. The molecule has 3 rings (SSSR count). The molecule has 0 saturated carbocycles. The number of piperidine rings is 1. The Balaban J connectivity index is 1.56. The van der Waals surface area contributed by atoms with Gasteiger partial charge in [0.05, 0.1) is 18.2 Å². The molecular weight excluding hydrogens is 306 g/mol. The van der Waals surface area contributed by atoms with Crippen molar-refractivity contribution in [1.29, 1.82) is 0 Å². The molecular formula is C16H20ClNO4. The van der Waals surface area contributed by atoms with E-state index in [-0.39, 0.29) is 5.91 Å². The summed E-state index contributed by atoms with van der Waals surface area (Å²) in [6.45, 7) is 4.27. The molecule has 1 aromatic rings. The van der Waals surface area contributed by atoms with Crippen LogP contribution in [0.4, 0.5) is 0 Å². The Bertz CT molecular complexity index is 535. The number of hydrogen-bond acceptors (Lipinski definition) is 4. The highest BCUT2D eigenvalue weighted by molar-refractivity contribution is 6.32. The third kappa shape index (κ3) is 3.21. The van der Waals surface area contributed by atoms with Crippen LogP contribution in [0.2, 0.25) is 5.02 Å². The molecule has 6 heteroatoms. The van der Waals surface area contributed by atoms with Crippen LogP contribution in [0.5, 0.6) is 5.75 Å². The van der Waals surface area contributed by atoms with Crippen molar-refractivity contribution in [2.75, 3.05) is 26.3 Å². The van der Waals surface area contributed by atoms with Crippen LogP contribution in [0, 0.1) is 0 Å². The van der Waals surface area contributed by atoms with Gasteiger partial charge in [-0.1, -0.05) is 23.7 Å². The molecule has 0 aliphatic carbocycles. The van der Waals surface area contributed by atoms with Gasteiger partial charge in [0, 0.05) is 25.9 Å². The molecule has 1 spiro atoms. The molecule has 1 unspecified atom stereocenters. The van der Waals surface area contributed by atoms with E-state index >= 15 is 0 Å². The van der Waals surface area contributed by atoms with Crippen LogP contribution >= 0.6 is 11.6 Å². The molecule has 2 saturated heterocycles. The second-order valence-electron chi connectivity index (χ2n) is 5.62. The van der Waals surface area contributed by atoms with Crippen LogP contribution < -0.4 is 4.74 Å². The molecule has 1 aromatic carbocycles. The average molecular weight is 326 g/mol. The summed E-state index contributed by atoms with van der Waals surface area (Å²) in [5.41, 5.74) is 0. The van der Waals surface area contributed by atoms with E-state index in [0.717, 1.165) is 0 Å². The van der Waals surface area contributed by atoms with Crippen molar-refractivity contribution in [3.05, 3.63) is 29.3 Å². The third-order valence-electron chi connectivity index (χ3n) is 4.14. The van der Waals surface area contributed by atoms with E-state index in [4.69, 9.17) is 25.8 Å². The number of para-hydroxylation sites is 1. The van der Waals surface area contributed by atoms with E-state index in [0.29, 0.717) is 49.9 Å². The predicted molar refractivity (Wildman–Crippen MR) is 82.0 cm³/mol. The van der Waals surface area contributed by atoms with E-state index in [2.05, 4.69) is 0 Å². The summed E-state index contributed by atoms with van der Waals surface area (Å²) in [6, 6.07) is 7.16. The molecule has 22 heavy (non-hydrogen) atoms. The van der Waals surface area contributed by atoms with Crippen LogP contribution in [0.25, 0.3) is 0 Å². The Labute approximate surface area is 135 Å². The lowest BCUT2D eigenvalue weighted by molar-refractivity contribution is -0.188. The number of benzene rings is 1. The van der Waals surface area contributed by atoms with Crippen molar-refractivity contribution in [2.45, 2.75) is 31.7 Å². The minimum atomic E-state index is -0.570. The fraction of sp³-hybridized carbons (Fsp3) is 0.562. The molecule has 0 N–H and O–H groups in total. The normalized spacial score (nSPS) is 21.8. The van der Waals surface area contributed by atoms with Crippen LogP contribution in [0.3, 0.4) is 0 Å². The van der Waals surface area contributed by atoms with Crippen LogP contribution in [0.15, 0.2) is 24.3 Å². The quantitative estimate of drug-likeness (QED) is 0.856. The predicted octanol–water partition coefficient (Wildman–Crippen LogP) is 2.47. The number of carbonyl (C=O) groups excluding carboxylic acids is 1. The SMILES string of the molecule is CC(Oc1ccccc1Cl)C(=O)N1CCC2(CC1)OCCO2. The number of hydrogen-bond donors (Lipinski definition) is 0. The van der Waals surface area contributed by atoms with Gasteiger partial charge in [-0.25, -0.2) is 0 Å². The summed E-state index contributed by atoms with van der Waals surface area (Å²) < 4.78 is 17.0. The van der Waals surface area contributed by atoms with Gasteiger partial charge in [-0.2, -0.15) is 0 Å². The summed E-state index contributed by atoms with van der Waals surface area (Å²) in [6.07, 6.45) is 0.842. The summed E-state index contributed by atoms with van der Waals surface area (Å²) in [5.74, 6) is 0.0256. The van der Waals surface area contributed by atoms with Gasteiger partial charge in [0.15, 0.2) is 11.9 Å². The van der Waals surface area contributed by atoms with Crippen LogP contribution in [0.1, 0.15) is 19.8 Å². The van der Waals surface area contributed by atoms with Crippen LogP contribution in [-0.4, -0.2) is 49.0 Å². The number of amides is 1. The highest BCUT2D eigenvalue weighted by atomic mass is 35.5. The van der Waals surface area contributed by atoms with Gasteiger partial charge in [-0.05, 0) is 19.1 Å². The molecule has 0 aromatic heterocycles. The minimum Gasteiger partial charge on any atom is -0.479 e. The molecule has 2 aliphatic rings. The highest BCUT2D eigenvalue weighted by Gasteiger charge is 2.41. The van der Waals surface area contributed by atoms with Gasteiger partial charge in [-0.15, -0.1) is 0 Å². The van der Waals surface area contributed by atoms with Gasteiger partial charge in [0.25, 0.3) is 5.91 Å². The number of halogens is 1. The average Bonchev–Trinajstić information content (AvgIpc) is 2.98.